The first-order valence-corrected chi connectivity index (χ1v) is 10.7. The molecule has 33 heavy (non-hydrogen) atoms. The van der Waals surface area contributed by atoms with Crippen molar-refractivity contribution in [3.63, 3.8) is 0 Å². The van der Waals surface area contributed by atoms with Crippen LogP contribution in [0.2, 0.25) is 5.02 Å². The molecule has 0 unspecified atom stereocenters. The third-order valence-corrected chi connectivity index (χ3v) is 6.07. The number of rotatable bonds is 5. The van der Waals surface area contributed by atoms with Gasteiger partial charge in [0.1, 0.15) is 0 Å². The lowest BCUT2D eigenvalue weighted by Gasteiger charge is -2.10. The number of carbonyl (C=O) groups is 2. The molecule has 0 atom stereocenters. The van der Waals surface area contributed by atoms with Gasteiger partial charge in [0.05, 0.1) is 11.0 Å². The summed E-state index contributed by atoms with van der Waals surface area (Å²) in [5.41, 5.74) is 16.8. The van der Waals surface area contributed by atoms with E-state index in [0.29, 0.717) is 22.7 Å². The van der Waals surface area contributed by atoms with Gasteiger partial charge in [-0.15, -0.1) is 0 Å². The van der Waals surface area contributed by atoms with E-state index in [4.69, 9.17) is 23.1 Å². The zero-order chi connectivity index (χ0) is 23.1. The second-order valence-corrected chi connectivity index (χ2v) is 8.30. The molecular weight excluding hydrogens is 434 g/mol. The number of hydrogen-bond donors (Lipinski definition) is 2. The molecule has 0 bridgehead atoms. The van der Waals surface area contributed by atoms with Crippen LogP contribution in [0.25, 0.3) is 32.9 Å². The fourth-order valence-corrected chi connectivity index (χ4v) is 4.32. The van der Waals surface area contributed by atoms with Crippen molar-refractivity contribution in [1.29, 1.82) is 0 Å². The molecule has 1 aromatic heterocycles. The van der Waals surface area contributed by atoms with E-state index in [1.807, 2.05) is 54.6 Å². The highest BCUT2D eigenvalue weighted by molar-refractivity contribution is 6.30. The number of nitrogens with two attached hydrogens (primary N) is 2. The molecule has 5 rings (SSSR count). The standard InChI is InChI=1S/C27H19ClN3O2/c28-20-11-8-17(9-12-20)19-10-13-21-24(14-19)31(15-16-4-6-18(7-5-16)26(29)32)23-3-1-2-22(25(21)23)27(30)33/h1-12,14H,15H2,(H2,29,32)(H2,30,33). The lowest BCUT2D eigenvalue weighted by Crippen LogP contribution is -2.11. The zero-order valence-electron chi connectivity index (χ0n) is 17.5. The summed E-state index contributed by atoms with van der Waals surface area (Å²) in [5, 5.41) is 2.27. The Morgan fingerprint density at radius 1 is 0.848 bits per heavy atom. The van der Waals surface area contributed by atoms with Crippen molar-refractivity contribution in [2.45, 2.75) is 6.54 Å². The Bertz CT molecular complexity index is 1530. The molecule has 0 saturated carbocycles. The van der Waals surface area contributed by atoms with Crippen LogP contribution < -0.4 is 11.5 Å². The SMILES string of the molecule is NC(=O)c1ccc(Cn2c3cc(-c4ccc(Cl)cc4)c[c]c3c3c(C(N)=O)cccc32)cc1. The Morgan fingerprint density at radius 2 is 1.58 bits per heavy atom. The van der Waals surface area contributed by atoms with E-state index >= 15 is 0 Å². The first-order valence-electron chi connectivity index (χ1n) is 10.3. The summed E-state index contributed by atoms with van der Waals surface area (Å²) in [6, 6.07) is 27.7. The van der Waals surface area contributed by atoms with Gasteiger partial charge in [0, 0.05) is 33.5 Å². The fourth-order valence-electron chi connectivity index (χ4n) is 4.20. The van der Waals surface area contributed by atoms with Gasteiger partial charge in [-0.05, 0) is 71.3 Å². The summed E-state index contributed by atoms with van der Waals surface area (Å²) in [5.74, 6) is -0.952. The van der Waals surface area contributed by atoms with Gasteiger partial charge >= 0.3 is 0 Å². The van der Waals surface area contributed by atoms with Gasteiger partial charge < -0.3 is 16.0 Å². The highest BCUT2D eigenvalue weighted by atomic mass is 35.5. The number of benzene rings is 4. The van der Waals surface area contributed by atoms with Crippen molar-refractivity contribution in [3.05, 3.63) is 107 Å². The zero-order valence-corrected chi connectivity index (χ0v) is 18.3. The minimum atomic E-state index is -0.486. The lowest BCUT2D eigenvalue weighted by molar-refractivity contribution is 0.0992. The van der Waals surface area contributed by atoms with Crippen LogP contribution in [0, 0.1) is 6.07 Å². The predicted octanol–water partition coefficient (Wildman–Crippen LogP) is 5.16. The summed E-state index contributed by atoms with van der Waals surface area (Å²) in [6.07, 6.45) is 0. The molecule has 0 spiro atoms. The van der Waals surface area contributed by atoms with Crippen molar-refractivity contribution in [3.8, 4) is 11.1 Å². The Balaban J connectivity index is 1.74. The van der Waals surface area contributed by atoms with Crippen LogP contribution in [0.5, 0.6) is 0 Å². The largest absolute Gasteiger partial charge is 0.366 e. The molecule has 4 N–H and O–H groups in total. The van der Waals surface area contributed by atoms with E-state index < -0.39 is 11.8 Å². The highest BCUT2D eigenvalue weighted by Gasteiger charge is 2.17. The van der Waals surface area contributed by atoms with Gasteiger partial charge in [-0.2, -0.15) is 0 Å². The maximum absolute atomic E-state index is 12.2. The van der Waals surface area contributed by atoms with Crippen molar-refractivity contribution in [2.75, 3.05) is 0 Å². The molecule has 0 aliphatic carbocycles. The first-order chi connectivity index (χ1) is 15.9. The normalized spacial score (nSPS) is 11.2. The van der Waals surface area contributed by atoms with Crippen LogP contribution in [0.4, 0.5) is 0 Å². The Kier molecular flexibility index (Phi) is 5.11. The highest BCUT2D eigenvalue weighted by Crippen LogP contribution is 2.35. The van der Waals surface area contributed by atoms with Gasteiger partial charge in [-0.3, -0.25) is 9.59 Å². The molecule has 5 aromatic rings. The van der Waals surface area contributed by atoms with E-state index in [1.54, 1.807) is 18.2 Å². The van der Waals surface area contributed by atoms with Crippen molar-refractivity contribution >= 4 is 45.2 Å². The van der Waals surface area contributed by atoms with Gasteiger partial charge in [-0.25, -0.2) is 0 Å². The summed E-state index contributed by atoms with van der Waals surface area (Å²) >= 11 is 6.06. The number of carbonyl (C=O) groups excluding carboxylic acids is 2. The van der Waals surface area contributed by atoms with Crippen LogP contribution in [0.1, 0.15) is 26.3 Å². The molecule has 1 heterocycles. The molecule has 161 valence electrons. The second kappa shape index (κ2) is 8.11. The molecule has 1 radical (unpaired) electrons. The summed E-state index contributed by atoms with van der Waals surface area (Å²) < 4.78 is 2.13. The number of halogens is 1. The van der Waals surface area contributed by atoms with E-state index in [2.05, 4.69) is 16.7 Å². The Hall–Kier alpha value is -4.09. The van der Waals surface area contributed by atoms with Crippen LogP contribution in [0.3, 0.4) is 0 Å². The molecule has 0 aliphatic heterocycles. The minimum absolute atomic E-state index is 0.454. The van der Waals surface area contributed by atoms with Crippen molar-refractivity contribution in [2.24, 2.45) is 11.5 Å². The number of fused-ring (bicyclic) bond motifs is 3. The number of nitrogens with zero attached hydrogens (tertiary/aromatic N) is 1. The molecule has 0 saturated heterocycles. The van der Waals surface area contributed by atoms with E-state index in [-0.39, 0.29) is 0 Å². The average Bonchev–Trinajstić information content (AvgIpc) is 3.13. The molecular formula is C27H19ClN3O2. The number of primary amides is 2. The van der Waals surface area contributed by atoms with Crippen molar-refractivity contribution in [1.82, 2.24) is 4.57 Å². The average molecular weight is 453 g/mol. The molecule has 2 amide bonds. The quantitative estimate of drug-likeness (QED) is 0.385. The molecule has 0 fully saturated rings. The third-order valence-electron chi connectivity index (χ3n) is 5.82. The molecule has 0 aliphatic rings. The van der Waals surface area contributed by atoms with Gasteiger partial charge in [0.15, 0.2) is 0 Å². The number of aromatic nitrogens is 1. The maximum atomic E-state index is 12.2. The minimum Gasteiger partial charge on any atom is -0.366 e. The van der Waals surface area contributed by atoms with Gasteiger partial charge in [0.2, 0.25) is 11.8 Å². The van der Waals surface area contributed by atoms with Gasteiger partial charge in [0.25, 0.3) is 0 Å². The summed E-state index contributed by atoms with van der Waals surface area (Å²) in [6.45, 7) is 0.527. The number of hydrogen-bond acceptors (Lipinski definition) is 2. The Labute approximate surface area is 195 Å². The van der Waals surface area contributed by atoms with Crippen molar-refractivity contribution < 1.29 is 9.59 Å². The second-order valence-electron chi connectivity index (χ2n) is 7.87. The monoisotopic (exact) mass is 452 g/mol. The Morgan fingerprint density at radius 3 is 2.24 bits per heavy atom. The third kappa shape index (κ3) is 3.73. The van der Waals surface area contributed by atoms with Crippen LogP contribution in [-0.4, -0.2) is 16.4 Å². The van der Waals surface area contributed by atoms with E-state index in [0.717, 1.165) is 38.5 Å². The smallest absolute Gasteiger partial charge is 0.249 e. The van der Waals surface area contributed by atoms with E-state index in [1.165, 1.54) is 0 Å². The van der Waals surface area contributed by atoms with E-state index in [9.17, 15) is 9.59 Å². The maximum Gasteiger partial charge on any atom is 0.249 e. The fraction of sp³-hybridized carbons (Fsp3) is 0.0370. The predicted molar refractivity (Wildman–Crippen MR) is 131 cm³/mol. The molecule has 6 heteroatoms. The summed E-state index contributed by atoms with van der Waals surface area (Å²) in [7, 11) is 0. The van der Waals surface area contributed by atoms with Gasteiger partial charge in [-0.1, -0.05) is 41.9 Å². The molecule has 4 aromatic carbocycles. The topological polar surface area (TPSA) is 91.1 Å². The number of amides is 2. The summed E-state index contributed by atoms with van der Waals surface area (Å²) in [4.78, 5) is 23.6. The molecule has 5 nitrogen and oxygen atoms in total. The van der Waals surface area contributed by atoms with Crippen LogP contribution in [-0.2, 0) is 6.54 Å². The van der Waals surface area contributed by atoms with Crippen LogP contribution >= 0.6 is 11.6 Å². The van der Waals surface area contributed by atoms with Crippen LogP contribution in [0.15, 0.2) is 78.9 Å². The first kappa shape index (κ1) is 20.8. The lowest BCUT2D eigenvalue weighted by atomic mass is 10.0.